The van der Waals surface area contributed by atoms with E-state index in [4.69, 9.17) is 9.47 Å². The maximum atomic E-state index is 11.7. The van der Waals surface area contributed by atoms with Crippen molar-refractivity contribution in [3.8, 4) is 0 Å². The highest BCUT2D eigenvalue weighted by atomic mass is 16.5. The topological polar surface area (TPSA) is 85.4 Å². The number of carbonyl (C=O) groups excluding carboxylic acids is 1. The van der Waals surface area contributed by atoms with Gasteiger partial charge in [-0.2, -0.15) is 0 Å². The van der Waals surface area contributed by atoms with Gasteiger partial charge in [0, 0.05) is 25.3 Å². The normalized spacial score (nSPS) is 30.9. The number of hydrogen-bond donors (Lipinski definition) is 2. The maximum absolute atomic E-state index is 11.7. The molecule has 1 saturated carbocycles. The van der Waals surface area contributed by atoms with Crippen LogP contribution in [0.1, 0.15) is 49.5 Å². The van der Waals surface area contributed by atoms with Gasteiger partial charge in [0.2, 0.25) is 0 Å². The van der Waals surface area contributed by atoms with E-state index in [2.05, 4.69) is 20.8 Å². The summed E-state index contributed by atoms with van der Waals surface area (Å²) in [4.78, 5) is 11.7. The third kappa shape index (κ3) is 4.41. The van der Waals surface area contributed by atoms with Crippen LogP contribution >= 0.6 is 0 Å². The smallest absolute Gasteiger partial charge is 0.358 e. The monoisotopic (exact) mass is 374 g/mol. The quantitative estimate of drug-likeness (QED) is 0.739. The third-order valence-electron chi connectivity index (χ3n) is 6.34. The Morgan fingerprint density at radius 1 is 1.30 bits per heavy atom. The first-order valence-electron chi connectivity index (χ1n) is 10.3. The summed E-state index contributed by atoms with van der Waals surface area (Å²) in [5, 5.41) is 15.4. The second-order valence-corrected chi connectivity index (χ2v) is 8.07. The van der Waals surface area contributed by atoms with E-state index in [-0.39, 0.29) is 5.69 Å². The molecule has 0 bridgehead atoms. The summed E-state index contributed by atoms with van der Waals surface area (Å²) in [5.74, 6) is 2.62. The van der Waals surface area contributed by atoms with Crippen LogP contribution in [0, 0.1) is 17.8 Å². The molecule has 4 rings (SSSR count). The molecule has 0 aromatic carbocycles. The summed E-state index contributed by atoms with van der Waals surface area (Å²) in [5.41, 5.74) is 0.256. The summed E-state index contributed by atoms with van der Waals surface area (Å²) in [6.07, 6.45) is 6.04. The number of rotatable bonds is 6. The average Bonchev–Trinajstić information content (AvgIpc) is 3.25. The molecule has 3 heterocycles. The van der Waals surface area contributed by atoms with Crippen molar-refractivity contribution in [1.82, 2.24) is 15.5 Å². The van der Waals surface area contributed by atoms with Crippen molar-refractivity contribution in [2.75, 3.05) is 31.7 Å². The van der Waals surface area contributed by atoms with Crippen molar-refractivity contribution in [2.45, 2.75) is 51.1 Å². The van der Waals surface area contributed by atoms with Gasteiger partial charge in [-0.15, -0.1) is 10.2 Å². The molecule has 2 N–H and O–H groups in total. The summed E-state index contributed by atoms with van der Waals surface area (Å²) < 4.78 is 10.4. The molecule has 0 unspecified atom stereocenters. The van der Waals surface area contributed by atoms with Crippen molar-refractivity contribution in [2.24, 2.45) is 17.8 Å². The van der Waals surface area contributed by atoms with Gasteiger partial charge in [-0.05, 0) is 75.5 Å². The van der Waals surface area contributed by atoms with Crippen LogP contribution < -0.4 is 10.6 Å². The van der Waals surface area contributed by atoms with Gasteiger partial charge >= 0.3 is 5.97 Å². The zero-order valence-corrected chi connectivity index (χ0v) is 16.0. The summed E-state index contributed by atoms with van der Waals surface area (Å²) in [6, 6.07) is 4.58. The number of aromatic nitrogens is 2. The van der Waals surface area contributed by atoms with Crippen LogP contribution in [-0.2, 0) is 9.47 Å². The number of anilines is 1. The van der Waals surface area contributed by atoms with Crippen molar-refractivity contribution >= 4 is 11.8 Å². The van der Waals surface area contributed by atoms with Crippen molar-refractivity contribution in [3.05, 3.63) is 17.8 Å². The van der Waals surface area contributed by atoms with Gasteiger partial charge < -0.3 is 20.1 Å². The van der Waals surface area contributed by atoms with Crippen molar-refractivity contribution < 1.29 is 14.3 Å². The standard InChI is InChI=1S/C20H30N4O3/c1-2-27-20(25)17-3-4-19(24-23-17)22-15-10-14-12-21-18(16(14)11-15)9-13-5-7-26-8-6-13/h3-4,13-16,18,21H,2,5-12H2,1H3,(H,22,24)/t14-,15+,16+,18+/m1/s1. The number of ether oxygens (including phenoxy) is 2. The number of fused-ring (bicyclic) bond motifs is 1. The van der Waals surface area contributed by atoms with Crippen LogP contribution in [0.15, 0.2) is 12.1 Å². The first-order chi connectivity index (χ1) is 13.2. The van der Waals surface area contributed by atoms with Crippen LogP contribution in [0.3, 0.4) is 0 Å². The molecule has 0 amide bonds. The van der Waals surface area contributed by atoms with Crippen LogP contribution in [0.25, 0.3) is 0 Å². The van der Waals surface area contributed by atoms with E-state index in [0.717, 1.165) is 43.3 Å². The molecular weight excluding hydrogens is 344 g/mol. The lowest BCUT2D eigenvalue weighted by Crippen LogP contribution is -2.33. The molecule has 0 radical (unpaired) electrons. The first-order valence-corrected chi connectivity index (χ1v) is 10.3. The predicted molar refractivity (Wildman–Crippen MR) is 102 cm³/mol. The zero-order chi connectivity index (χ0) is 18.6. The molecular formula is C20H30N4O3. The third-order valence-corrected chi connectivity index (χ3v) is 6.34. The Labute approximate surface area is 160 Å². The highest BCUT2D eigenvalue weighted by molar-refractivity contribution is 5.87. The molecule has 7 heteroatoms. The molecule has 0 spiro atoms. The fourth-order valence-electron chi connectivity index (χ4n) is 4.99. The lowest BCUT2D eigenvalue weighted by Gasteiger charge is -2.27. The van der Waals surface area contributed by atoms with E-state index in [1.807, 2.05) is 6.07 Å². The Hall–Kier alpha value is -1.73. The minimum Gasteiger partial charge on any atom is -0.461 e. The molecule has 2 saturated heterocycles. The van der Waals surface area contributed by atoms with Gasteiger partial charge in [-0.25, -0.2) is 4.79 Å². The van der Waals surface area contributed by atoms with Gasteiger partial charge in [0.25, 0.3) is 0 Å². The fraction of sp³-hybridized carbons (Fsp3) is 0.750. The second-order valence-electron chi connectivity index (χ2n) is 8.07. The van der Waals surface area contributed by atoms with E-state index >= 15 is 0 Å². The van der Waals surface area contributed by atoms with Gasteiger partial charge in [-0.3, -0.25) is 0 Å². The molecule has 2 aliphatic heterocycles. The van der Waals surface area contributed by atoms with Crippen LogP contribution in [-0.4, -0.2) is 54.6 Å². The van der Waals surface area contributed by atoms with E-state index in [0.29, 0.717) is 18.7 Å². The van der Waals surface area contributed by atoms with Crippen molar-refractivity contribution in [3.63, 3.8) is 0 Å². The maximum Gasteiger partial charge on any atom is 0.358 e. The molecule has 1 aliphatic carbocycles. The SMILES string of the molecule is CCOC(=O)c1ccc(N[C@H]2C[C@@H]3CN[C@@H](CC4CCOCC4)[C@H]3C2)nn1. The molecule has 1 aromatic rings. The largest absolute Gasteiger partial charge is 0.461 e. The number of nitrogens with one attached hydrogen (secondary N) is 2. The van der Waals surface area contributed by atoms with E-state index in [1.165, 1.54) is 32.1 Å². The Bertz CT molecular complexity index is 633. The number of nitrogens with zero attached hydrogens (tertiary/aromatic N) is 2. The predicted octanol–water partition coefficient (Wildman–Crippen LogP) is 2.25. The van der Waals surface area contributed by atoms with Crippen molar-refractivity contribution in [1.29, 1.82) is 0 Å². The van der Waals surface area contributed by atoms with Crippen LogP contribution in [0.4, 0.5) is 5.82 Å². The molecule has 148 valence electrons. The lowest BCUT2D eigenvalue weighted by atomic mass is 9.85. The van der Waals surface area contributed by atoms with Gasteiger partial charge in [0.1, 0.15) is 5.82 Å². The number of esters is 1. The molecule has 3 fully saturated rings. The minimum absolute atomic E-state index is 0.256. The molecule has 1 aromatic heterocycles. The average molecular weight is 374 g/mol. The van der Waals surface area contributed by atoms with Gasteiger partial charge in [0.05, 0.1) is 6.61 Å². The Balaban J connectivity index is 1.29. The van der Waals surface area contributed by atoms with Crippen LogP contribution in [0.5, 0.6) is 0 Å². The van der Waals surface area contributed by atoms with E-state index in [1.54, 1.807) is 13.0 Å². The lowest BCUT2D eigenvalue weighted by molar-refractivity contribution is 0.0518. The Morgan fingerprint density at radius 3 is 2.89 bits per heavy atom. The number of carbonyl (C=O) groups is 1. The molecule has 3 aliphatic rings. The molecule has 27 heavy (non-hydrogen) atoms. The minimum atomic E-state index is -0.422. The summed E-state index contributed by atoms with van der Waals surface area (Å²) in [7, 11) is 0. The van der Waals surface area contributed by atoms with Gasteiger partial charge in [-0.1, -0.05) is 0 Å². The fourth-order valence-corrected chi connectivity index (χ4v) is 4.99. The van der Waals surface area contributed by atoms with Gasteiger partial charge in [0.15, 0.2) is 5.69 Å². The zero-order valence-electron chi connectivity index (χ0n) is 16.0. The Morgan fingerprint density at radius 2 is 2.15 bits per heavy atom. The molecule has 7 nitrogen and oxygen atoms in total. The van der Waals surface area contributed by atoms with E-state index in [9.17, 15) is 4.79 Å². The van der Waals surface area contributed by atoms with E-state index < -0.39 is 5.97 Å². The Kier molecular flexibility index (Phi) is 5.88. The highest BCUT2D eigenvalue weighted by Gasteiger charge is 2.43. The first kappa shape index (κ1) is 18.6. The second kappa shape index (κ2) is 8.52. The summed E-state index contributed by atoms with van der Waals surface area (Å²) in [6.45, 7) is 5.10. The molecule has 4 atom stereocenters. The summed E-state index contributed by atoms with van der Waals surface area (Å²) >= 11 is 0. The highest BCUT2D eigenvalue weighted by Crippen LogP contribution is 2.41. The number of hydrogen-bond acceptors (Lipinski definition) is 7. The van der Waals surface area contributed by atoms with Crippen LogP contribution in [0.2, 0.25) is 0 Å².